The third kappa shape index (κ3) is 3.23. The number of hydrogen-bond acceptors (Lipinski definition) is 1. The highest BCUT2D eigenvalue weighted by molar-refractivity contribution is 4.84. The first-order chi connectivity index (χ1) is 7.79. The molecule has 0 amide bonds. The molecule has 0 aromatic carbocycles. The van der Waals surface area contributed by atoms with Crippen molar-refractivity contribution in [1.29, 1.82) is 0 Å². The lowest BCUT2D eigenvalue weighted by atomic mass is 9.79. The van der Waals surface area contributed by atoms with Gasteiger partial charge in [-0.1, -0.05) is 45.4 Å². The van der Waals surface area contributed by atoms with E-state index in [-0.39, 0.29) is 0 Å². The molecule has 0 saturated heterocycles. The van der Waals surface area contributed by atoms with E-state index in [2.05, 4.69) is 19.2 Å². The molecule has 2 fully saturated rings. The molecular formula is C15H29N. The van der Waals surface area contributed by atoms with E-state index in [1.54, 1.807) is 0 Å². The van der Waals surface area contributed by atoms with Crippen LogP contribution in [0.3, 0.4) is 0 Å². The second-order valence-corrected chi connectivity index (χ2v) is 6.16. The van der Waals surface area contributed by atoms with E-state index in [1.165, 1.54) is 57.8 Å². The second kappa shape index (κ2) is 6.05. The third-order valence-electron chi connectivity index (χ3n) is 4.84. The van der Waals surface area contributed by atoms with Crippen molar-refractivity contribution in [2.75, 3.05) is 0 Å². The Morgan fingerprint density at radius 2 is 1.81 bits per heavy atom. The molecule has 16 heavy (non-hydrogen) atoms. The Hall–Kier alpha value is -0.0400. The van der Waals surface area contributed by atoms with Gasteiger partial charge < -0.3 is 5.32 Å². The van der Waals surface area contributed by atoms with Crippen molar-refractivity contribution in [3.8, 4) is 0 Å². The highest BCUT2D eigenvalue weighted by Gasteiger charge is 2.26. The van der Waals surface area contributed by atoms with Crippen molar-refractivity contribution >= 4 is 0 Å². The standard InChI is InChI=1S/C15H29N/c1-3-14-9-4-5-10-15(14)16-12(2)11-13-7-6-8-13/h12-16H,3-11H2,1-2H3. The molecule has 3 unspecified atom stereocenters. The summed E-state index contributed by atoms with van der Waals surface area (Å²) < 4.78 is 0. The minimum Gasteiger partial charge on any atom is -0.311 e. The van der Waals surface area contributed by atoms with Gasteiger partial charge in [-0.15, -0.1) is 0 Å². The van der Waals surface area contributed by atoms with Gasteiger partial charge in [0.15, 0.2) is 0 Å². The Morgan fingerprint density at radius 3 is 2.44 bits per heavy atom. The van der Waals surface area contributed by atoms with Gasteiger partial charge >= 0.3 is 0 Å². The van der Waals surface area contributed by atoms with Gasteiger partial charge in [-0.2, -0.15) is 0 Å². The lowest BCUT2D eigenvalue weighted by Crippen LogP contribution is -2.44. The summed E-state index contributed by atoms with van der Waals surface area (Å²) in [4.78, 5) is 0. The van der Waals surface area contributed by atoms with E-state index in [1.807, 2.05) is 0 Å². The maximum Gasteiger partial charge on any atom is 0.00977 e. The smallest absolute Gasteiger partial charge is 0.00977 e. The molecule has 2 aliphatic rings. The van der Waals surface area contributed by atoms with Crippen molar-refractivity contribution in [2.45, 2.75) is 83.7 Å². The van der Waals surface area contributed by atoms with Crippen LogP contribution in [0.15, 0.2) is 0 Å². The molecule has 0 aromatic rings. The Bertz CT molecular complexity index is 198. The van der Waals surface area contributed by atoms with Gasteiger partial charge in [-0.3, -0.25) is 0 Å². The van der Waals surface area contributed by atoms with Gasteiger partial charge in [0.05, 0.1) is 0 Å². The summed E-state index contributed by atoms with van der Waals surface area (Å²) in [7, 11) is 0. The Balaban J connectivity index is 1.72. The highest BCUT2D eigenvalue weighted by atomic mass is 15.0. The lowest BCUT2D eigenvalue weighted by molar-refractivity contribution is 0.208. The van der Waals surface area contributed by atoms with Crippen molar-refractivity contribution in [3.63, 3.8) is 0 Å². The minimum atomic E-state index is 0.752. The van der Waals surface area contributed by atoms with Crippen LogP contribution in [0.25, 0.3) is 0 Å². The van der Waals surface area contributed by atoms with Crippen LogP contribution < -0.4 is 5.32 Å². The van der Waals surface area contributed by atoms with E-state index in [0.717, 1.165) is 23.9 Å². The SMILES string of the molecule is CCC1CCCCC1NC(C)CC1CCC1. The lowest BCUT2D eigenvalue weighted by Gasteiger charge is -2.36. The fraction of sp³-hybridized carbons (Fsp3) is 1.00. The van der Waals surface area contributed by atoms with Gasteiger partial charge in [0, 0.05) is 12.1 Å². The van der Waals surface area contributed by atoms with E-state index in [9.17, 15) is 0 Å². The zero-order valence-corrected chi connectivity index (χ0v) is 11.2. The third-order valence-corrected chi connectivity index (χ3v) is 4.84. The summed E-state index contributed by atoms with van der Waals surface area (Å²) in [6.07, 6.45) is 13.1. The molecule has 2 saturated carbocycles. The van der Waals surface area contributed by atoms with E-state index in [4.69, 9.17) is 0 Å². The summed E-state index contributed by atoms with van der Waals surface area (Å²) in [6, 6.07) is 1.58. The van der Waals surface area contributed by atoms with Crippen molar-refractivity contribution in [2.24, 2.45) is 11.8 Å². The summed E-state index contributed by atoms with van der Waals surface area (Å²) in [5.74, 6) is 2.00. The van der Waals surface area contributed by atoms with Crippen molar-refractivity contribution in [3.05, 3.63) is 0 Å². The van der Waals surface area contributed by atoms with E-state index in [0.29, 0.717) is 0 Å². The number of rotatable bonds is 5. The molecule has 0 radical (unpaired) electrons. The summed E-state index contributed by atoms with van der Waals surface area (Å²) in [5.41, 5.74) is 0. The summed E-state index contributed by atoms with van der Waals surface area (Å²) >= 11 is 0. The number of hydrogen-bond donors (Lipinski definition) is 1. The second-order valence-electron chi connectivity index (χ2n) is 6.16. The van der Waals surface area contributed by atoms with Gasteiger partial charge in [0.2, 0.25) is 0 Å². The molecule has 0 aliphatic heterocycles. The molecular weight excluding hydrogens is 194 g/mol. The minimum absolute atomic E-state index is 0.752. The highest BCUT2D eigenvalue weighted by Crippen LogP contribution is 2.32. The predicted molar refractivity (Wildman–Crippen MR) is 70.6 cm³/mol. The topological polar surface area (TPSA) is 12.0 Å². The van der Waals surface area contributed by atoms with Crippen molar-refractivity contribution < 1.29 is 0 Å². The molecule has 2 aliphatic carbocycles. The molecule has 1 heteroatoms. The monoisotopic (exact) mass is 223 g/mol. The molecule has 0 heterocycles. The van der Waals surface area contributed by atoms with Crippen LogP contribution in [0, 0.1) is 11.8 Å². The average molecular weight is 223 g/mol. The summed E-state index contributed by atoms with van der Waals surface area (Å²) in [6.45, 7) is 4.76. The Kier molecular flexibility index (Phi) is 4.69. The first-order valence-electron chi connectivity index (χ1n) is 7.55. The van der Waals surface area contributed by atoms with Crippen LogP contribution in [0.5, 0.6) is 0 Å². The molecule has 0 bridgehead atoms. The van der Waals surface area contributed by atoms with Crippen LogP contribution in [0.2, 0.25) is 0 Å². The van der Waals surface area contributed by atoms with Crippen molar-refractivity contribution in [1.82, 2.24) is 5.32 Å². The zero-order chi connectivity index (χ0) is 11.4. The molecule has 1 N–H and O–H groups in total. The van der Waals surface area contributed by atoms with E-state index < -0.39 is 0 Å². The molecule has 94 valence electrons. The van der Waals surface area contributed by atoms with Gasteiger partial charge in [0.25, 0.3) is 0 Å². The van der Waals surface area contributed by atoms with Crippen LogP contribution in [0.4, 0.5) is 0 Å². The first-order valence-corrected chi connectivity index (χ1v) is 7.55. The first kappa shape index (κ1) is 12.4. The molecule has 2 rings (SSSR count). The number of nitrogens with one attached hydrogen (secondary N) is 1. The maximum absolute atomic E-state index is 3.92. The molecule has 3 atom stereocenters. The Labute approximate surface area is 101 Å². The van der Waals surface area contributed by atoms with Crippen LogP contribution in [-0.2, 0) is 0 Å². The van der Waals surface area contributed by atoms with Gasteiger partial charge in [0.1, 0.15) is 0 Å². The van der Waals surface area contributed by atoms with Crippen LogP contribution in [0.1, 0.15) is 71.6 Å². The average Bonchev–Trinajstić information content (AvgIpc) is 2.24. The maximum atomic E-state index is 3.92. The van der Waals surface area contributed by atoms with E-state index >= 15 is 0 Å². The van der Waals surface area contributed by atoms with Gasteiger partial charge in [-0.05, 0) is 38.0 Å². The predicted octanol–water partition coefficient (Wildman–Crippen LogP) is 4.12. The Morgan fingerprint density at radius 1 is 1.06 bits per heavy atom. The van der Waals surface area contributed by atoms with Crippen LogP contribution >= 0.6 is 0 Å². The molecule has 0 aromatic heterocycles. The van der Waals surface area contributed by atoms with Crippen LogP contribution in [-0.4, -0.2) is 12.1 Å². The van der Waals surface area contributed by atoms with Gasteiger partial charge in [-0.25, -0.2) is 0 Å². The fourth-order valence-corrected chi connectivity index (χ4v) is 3.58. The quantitative estimate of drug-likeness (QED) is 0.739. The molecule has 0 spiro atoms. The molecule has 1 nitrogen and oxygen atoms in total. The largest absolute Gasteiger partial charge is 0.311 e. The fourth-order valence-electron chi connectivity index (χ4n) is 3.58. The normalized spacial score (nSPS) is 33.4. The zero-order valence-electron chi connectivity index (χ0n) is 11.2. The summed E-state index contributed by atoms with van der Waals surface area (Å²) in [5, 5.41) is 3.92.